The number of urea groups is 1. The van der Waals surface area contributed by atoms with Gasteiger partial charge < -0.3 is 9.64 Å². The molecule has 7 nitrogen and oxygen atoms in total. The van der Waals surface area contributed by atoms with E-state index < -0.39 is 0 Å². The lowest BCUT2D eigenvalue weighted by molar-refractivity contribution is -0.141. The monoisotopic (exact) mass is 356 g/mol. The highest BCUT2D eigenvalue weighted by molar-refractivity contribution is 6.20. The maximum Gasteiger partial charge on any atom is 0.330 e. The van der Waals surface area contributed by atoms with Crippen LogP contribution in [0.25, 0.3) is 0 Å². The molecule has 26 heavy (non-hydrogen) atoms. The highest BCUT2D eigenvalue weighted by Gasteiger charge is 2.38. The van der Waals surface area contributed by atoms with Gasteiger partial charge in [0.05, 0.1) is 17.9 Å². The molecule has 3 heterocycles. The van der Waals surface area contributed by atoms with Gasteiger partial charge in [0.1, 0.15) is 12.4 Å². The summed E-state index contributed by atoms with van der Waals surface area (Å²) in [7, 11) is 0. The molecular formula is C19H24N4O3. The number of anilines is 1. The number of hydrogen-bond acceptors (Lipinski definition) is 4. The Bertz CT molecular complexity index is 753. The van der Waals surface area contributed by atoms with Crippen LogP contribution in [0.15, 0.2) is 29.3 Å². The average molecular weight is 356 g/mol. The number of amides is 3. The molecule has 0 spiro atoms. The van der Waals surface area contributed by atoms with Crippen molar-refractivity contribution in [1.29, 1.82) is 0 Å². The Hall–Kier alpha value is -2.41. The van der Waals surface area contributed by atoms with E-state index in [0.29, 0.717) is 19.6 Å². The topological polar surface area (TPSA) is 65.5 Å². The minimum Gasteiger partial charge on any atom is -0.372 e. The van der Waals surface area contributed by atoms with Crippen LogP contribution in [0.4, 0.5) is 10.5 Å². The van der Waals surface area contributed by atoms with Crippen LogP contribution in [-0.4, -0.2) is 72.5 Å². The molecule has 1 aromatic rings. The normalized spacial score (nSPS) is 25.5. The molecule has 138 valence electrons. The fraction of sp³-hybridized carbons (Fsp3) is 0.526. The first-order valence-corrected chi connectivity index (χ1v) is 9.20. The van der Waals surface area contributed by atoms with Gasteiger partial charge in [-0.25, -0.2) is 4.79 Å². The highest BCUT2D eigenvalue weighted by Crippen LogP contribution is 2.30. The van der Waals surface area contributed by atoms with E-state index in [1.54, 1.807) is 14.7 Å². The lowest BCUT2D eigenvalue weighted by Crippen LogP contribution is -2.57. The summed E-state index contributed by atoms with van der Waals surface area (Å²) in [6.07, 6.45) is 0.860. The third-order valence-corrected chi connectivity index (χ3v) is 5.02. The highest BCUT2D eigenvalue weighted by atomic mass is 16.5. The second-order valence-electron chi connectivity index (χ2n) is 7.15. The van der Waals surface area contributed by atoms with Crippen LogP contribution in [0.1, 0.15) is 25.8 Å². The maximum atomic E-state index is 13.0. The zero-order valence-electron chi connectivity index (χ0n) is 15.2. The number of hydrogen-bond donors (Lipinski definition) is 0. The second-order valence-corrected chi connectivity index (χ2v) is 7.15. The summed E-state index contributed by atoms with van der Waals surface area (Å²) < 4.78 is 5.71. The van der Waals surface area contributed by atoms with Crippen molar-refractivity contribution in [3.05, 3.63) is 29.8 Å². The number of carbonyl (C=O) groups is 2. The molecule has 0 radical (unpaired) electrons. The first-order chi connectivity index (χ1) is 12.5. The minimum atomic E-state index is -0.162. The van der Waals surface area contributed by atoms with Gasteiger partial charge in [0.15, 0.2) is 0 Å². The van der Waals surface area contributed by atoms with Crippen LogP contribution >= 0.6 is 0 Å². The van der Waals surface area contributed by atoms with Gasteiger partial charge in [-0.15, -0.1) is 0 Å². The third kappa shape index (κ3) is 2.96. The Morgan fingerprint density at radius 3 is 2.73 bits per heavy atom. The maximum absolute atomic E-state index is 13.0. The zero-order chi connectivity index (χ0) is 18.3. The quantitative estimate of drug-likeness (QED) is 0.810. The average Bonchev–Trinajstić information content (AvgIpc) is 2.64. The molecule has 1 fully saturated rings. The van der Waals surface area contributed by atoms with Crippen molar-refractivity contribution < 1.29 is 14.3 Å². The van der Waals surface area contributed by atoms with Gasteiger partial charge in [-0.05, 0) is 32.4 Å². The molecule has 1 aromatic carbocycles. The number of aliphatic imine (C=N–C) groups is 1. The van der Waals surface area contributed by atoms with Crippen molar-refractivity contribution >= 4 is 23.5 Å². The van der Waals surface area contributed by atoms with Crippen LogP contribution in [-0.2, 0) is 9.53 Å². The van der Waals surface area contributed by atoms with Gasteiger partial charge in [-0.1, -0.05) is 12.1 Å². The number of benzene rings is 1. The second kappa shape index (κ2) is 6.72. The van der Waals surface area contributed by atoms with E-state index in [9.17, 15) is 9.59 Å². The molecule has 0 aromatic heterocycles. The number of fused-ring (bicyclic) bond motifs is 3. The fourth-order valence-corrected chi connectivity index (χ4v) is 3.94. The van der Waals surface area contributed by atoms with Crippen LogP contribution in [0.5, 0.6) is 0 Å². The van der Waals surface area contributed by atoms with Gasteiger partial charge >= 0.3 is 6.03 Å². The summed E-state index contributed by atoms with van der Waals surface area (Å²) in [4.78, 5) is 35.6. The van der Waals surface area contributed by atoms with Crippen LogP contribution in [0.2, 0.25) is 0 Å². The molecule has 0 saturated carbocycles. The standard InChI is InChI=1S/C19H24N4O3/c1-13-10-21(11-14(2)26-13)17(24)12-23-16-7-4-3-6-15(16)18-20-8-5-9-22(18)19(23)25/h3-4,6-7,13-14H,5,8-12H2,1-2H3. The lowest BCUT2D eigenvalue weighted by atomic mass is 10.1. The van der Waals surface area contributed by atoms with Gasteiger partial charge in [0, 0.05) is 31.7 Å². The van der Waals surface area contributed by atoms with Gasteiger partial charge in [-0.2, -0.15) is 0 Å². The summed E-state index contributed by atoms with van der Waals surface area (Å²) in [6.45, 7) is 6.46. The molecule has 4 rings (SSSR count). The molecule has 3 aliphatic heterocycles. The summed E-state index contributed by atoms with van der Waals surface area (Å²) in [6, 6.07) is 7.52. The Balaban J connectivity index is 1.61. The Morgan fingerprint density at radius 1 is 1.23 bits per heavy atom. The smallest absolute Gasteiger partial charge is 0.330 e. The molecule has 1 saturated heterocycles. The summed E-state index contributed by atoms with van der Waals surface area (Å²) in [5.74, 6) is 0.682. The molecule has 0 N–H and O–H groups in total. The number of nitrogens with zero attached hydrogens (tertiary/aromatic N) is 4. The van der Waals surface area contributed by atoms with Gasteiger partial charge in [0.2, 0.25) is 5.91 Å². The van der Waals surface area contributed by atoms with Crippen molar-refractivity contribution in [2.24, 2.45) is 4.99 Å². The van der Waals surface area contributed by atoms with E-state index in [4.69, 9.17) is 4.74 Å². The predicted octanol–water partition coefficient (Wildman–Crippen LogP) is 1.71. The van der Waals surface area contributed by atoms with Crippen molar-refractivity contribution in [2.45, 2.75) is 32.5 Å². The van der Waals surface area contributed by atoms with Crippen molar-refractivity contribution in [3.63, 3.8) is 0 Å². The fourth-order valence-electron chi connectivity index (χ4n) is 3.94. The van der Waals surface area contributed by atoms with E-state index in [0.717, 1.165) is 30.1 Å². The van der Waals surface area contributed by atoms with Crippen molar-refractivity contribution in [3.8, 4) is 0 Å². The molecule has 0 bridgehead atoms. The van der Waals surface area contributed by atoms with E-state index in [-0.39, 0.29) is 30.7 Å². The molecule has 2 unspecified atom stereocenters. The lowest BCUT2D eigenvalue weighted by Gasteiger charge is -2.40. The first-order valence-electron chi connectivity index (χ1n) is 9.20. The number of amidine groups is 1. The Labute approximate surface area is 153 Å². The summed E-state index contributed by atoms with van der Waals surface area (Å²) in [5.41, 5.74) is 1.68. The van der Waals surface area contributed by atoms with Crippen molar-refractivity contribution in [2.75, 3.05) is 37.6 Å². The Morgan fingerprint density at radius 2 is 1.96 bits per heavy atom. The molecule has 3 amide bonds. The van der Waals surface area contributed by atoms with Gasteiger partial charge in [0.25, 0.3) is 0 Å². The number of carbonyl (C=O) groups excluding carboxylic acids is 2. The Kier molecular flexibility index (Phi) is 4.40. The number of para-hydroxylation sites is 1. The molecule has 7 heteroatoms. The predicted molar refractivity (Wildman–Crippen MR) is 98.5 cm³/mol. The third-order valence-electron chi connectivity index (χ3n) is 5.02. The summed E-state index contributed by atoms with van der Waals surface area (Å²) in [5, 5.41) is 0. The molecule has 2 atom stereocenters. The minimum absolute atomic E-state index is 0.00729. The van der Waals surface area contributed by atoms with E-state index in [2.05, 4.69) is 4.99 Å². The molecular weight excluding hydrogens is 332 g/mol. The summed E-state index contributed by atoms with van der Waals surface area (Å²) >= 11 is 0. The van der Waals surface area contributed by atoms with E-state index in [1.807, 2.05) is 38.1 Å². The van der Waals surface area contributed by atoms with Gasteiger partial charge in [-0.3, -0.25) is 19.6 Å². The van der Waals surface area contributed by atoms with E-state index in [1.165, 1.54) is 0 Å². The number of morpholine rings is 1. The van der Waals surface area contributed by atoms with Crippen molar-refractivity contribution in [1.82, 2.24) is 9.80 Å². The molecule has 3 aliphatic rings. The SMILES string of the molecule is CC1CN(C(=O)CN2C(=O)N3CCCN=C3c3ccccc32)CC(C)O1. The van der Waals surface area contributed by atoms with E-state index >= 15 is 0 Å². The number of rotatable bonds is 2. The van der Waals surface area contributed by atoms with Crippen LogP contribution in [0, 0.1) is 0 Å². The number of ether oxygens (including phenoxy) is 1. The molecule has 0 aliphatic carbocycles. The zero-order valence-corrected chi connectivity index (χ0v) is 15.2. The largest absolute Gasteiger partial charge is 0.372 e. The van der Waals surface area contributed by atoms with Crippen LogP contribution < -0.4 is 4.90 Å². The van der Waals surface area contributed by atoms with Crippen LogP contribution in [0.3, 0.4) is 0 Å². The first kappa shape index (κ1) is 17.0.